The predicted octanol–water partition coefficient (Wildman–Crippen LogP) is -0.238. The number of rotatable bonds is 6. The van der Waals surface area contributed by atoms with E-state index in [2.05, 4.69) is 0 Å². The number of phenolic OH excluding ortho intramolecular Hbond substituents is 2. The monoisotopic (exact) mass is 309 g/mol. The molecule has 0 spiro atoms. The number of aliphatic hydroxyl groups excluding tert-OH is 1. The van der Waals surface area contributed by atoms with Crippen molar-refractivity contribution in [3.05, 3.63) is 21.7 Å². The van der Waals surface area contributed by atoms with Crippen LogP contribution in [0.15, 0.2) is 11.0 Å². The highest BCUT2D eigenvalue weighted by molar-refractivity contribution is 7.86. The first-order valence-corrected chi connectivity index (χ1v) is 6.52. The van der Waals surface area contributed by atoms with E-state index in [-0.39, 0.29) is 6.61 Å². The summed E-state index contributed by atoms with van der Waals surface area (Å²) in [7, 11) is -5.04. The fourth-order valence-corrected chi connectivity index (χ4v) is 2.30. The summed E-state index contributed by atoms with van der Waals surface area (Å²) >= 11 is 0. The van der Waals surface area contributed by atoms with Crippen LogP contribution >= 0.6 is 0 Å². The Balaban J connectivity index is 3.56. The number of aromatic hydroxyl groups is 2. The summed E-state index contributed by atoms with van der Waals surface area (Å²) < 4.78 is 36.2. The zero-order chi connectivity index (χ0) is 15.5. The number of aliphatic hydroxyl groups is 1. The Morgan fingerprint density at radius 2 is 1.95 bits per heavy atom. The third kappa shape index (κ3) is 3.33. The van der Waals surface area contributed by atoms with Crippen LogP contribution in [0.5, 0.6) is 11.5 Å². The van der Waals surface area contributed by atoms with Crippen LogP contribution in [0.2, 0.25) is 0 Å². The molecule has 4 N–H and O–H groups in total. The number of phenols is 2. The van der Waals surface area contributed by atoms with E-state index in [1.54, 1.807) is 0 Å². The summed E-state index contributed by atoms with van der Waals surface area (Å²) in [6, 6.07) is 0.529. The molecule has 0 bridgehead atoms. The predicted molar refractivity (Wildman–Crippen MR) is 63.0 cm³/mol. The SMILES string of the molecule is O=[N+]([O-])c1cc(O)c(O)c(S(=O)(=O)O)c1COCCO. The Kier molecular flexibility index (Phi) is 4.83. The molecule has 1 aromatic carbocycles. The van der Waals surface area contributed by atoms with Gasteiger partial charge in [-0.3, -0.25) is 14.7 Å². The highest BCUT2D eigenvalue weighted by Gasteiger charge is 2.31. The minimum Gasteiger partial charge on any atom is -0.504 e. The molecule has 0 saturated heterocycles. The highest BCUT2D eigenvalue weighted by atomic mass is 32.2. The number of nitro groups is 1. The molecule has 1 aromatic rings. The molecular formula is C9H11NO9S. The van der Waals surface area contributed by atoms with Gasteiger partial charge >= 0.3 is 0 Å². The van der Waals surface area contributed by atoms with Gasteiger partial charge in [0.15, 0.2) is 16.4 Å². The molecule has 0 unspecified atom stereocenters. The molecule has 1 rings (SSSR count). The van der Waals surface area contributed by atoms with E-state index in [9.17, 15) is 28.7 Å². The lowest BCUT2D eigenvalue weighted by atomic mass is 10.1. The molecule has 0 fully saturated rings. The van der Waals surface area contributed by atoms with E-state index < -0.39 is 55.9 Å². The van der Waals surface area contributed by atoms with Gasteiger partial charge in [-0.2, -0.15) is 8.42 Å². The largest absolute Gasteiger partial charge is 0.504 e. The fraction of sp³-hybridized carbons (Fsp3) is 0.333. The third-order valence-corrected chi connectivity index (χ3v) is 3.21. The molecule has 20 heavy (non-hydrogen) atoms. The Labute approximate surface area is 112 Å². The van der Waals surface area contributed by atoms with Gasteiger partial charge in [-0.15, -0.1) is 0 Å². The van der Waals surface area contributed by atoms with Crippen molar-refractivity contribution < 1.29 is 38.0 Å². The highest BCUT2D eigenvalue weighted by Crippen LogP contribution is 2.40. The first-order valence-electron chi connectivity index (χ1n) is 5.08. The summed E-state index contributed by atoms with van der Waals surface area (Å²) in [5.74, 6) is -2.30. The van der Waals surface area contributed by atoms with Crippen LogP contribution < -0.4 is 0 Å². The zero-order valence-corrected chi connectivity index (χ0v) is 10.7. The number of benzene rings is 1. The van der Waals surface area contributed by atoms with Crippen molar-refractivity contribution >= 4 is 15.8 Å². The Bertz CT molecular complexity index is 625. The maximum atomic E-state index is 11.2. The van der Waals surface area contributed by atoms with Crippen LogP contribution in [-0.2, 0) is 21.5 Å². The van der Waals surface area contributed by atoms with Crippen molar-refractivity contribution in [3.63, 3.8) is 0 Å². The second kappa shape index (κ2) is 6.00. The van der Waals surface area contributed by atoms with Gasteiger partial charge in [-0.1, -0.05) is 0 Å². The van der Waals surface area contributed by atoms with Gasteiger partial charge in [0.1, 0.15) is 0 Å². The molecule has 0 aromatic heterocycles. The van der Waals surface area contributed by atoms with Gasteiger partial charge in [-0.25, -0.2) is 0 Å². The molecule has 0 aliphatic heterocycles. The molecule has 11 heteroatoms. The van der Waals surface area contributed by atoms with Crippen LogP contribution in [-0.4, -0.2) is 46.4 Å². The van der Waals surface area contributed by atoms with Crippen LogP contribution in [0.3, 0.4) is 0 Å². The van der Waals surface area contributed by atoms with E-state index in [1.807, 2.05) is 0 Å². The third-order valence-electron chi connectivity index (χ3n) is 2.25. The minimum atomic E-state index is -5.04. The minimum absolute atomic E-state index is 0.246. The van der Waals surface area contributed by atoms with Gasteiger partial charge in [-0.05, 0) is 0 Å². The van der Waals surface area contributed by atoms with Gasteiger partial charge in [0.05, 0.1) is 36.4 Å². The van der Waals surface area contributed by atoms with E-state index in [1.165, 1.54) is 0 Å². The maximum Gasteiger partial charge on any atom is 0.298 e. The van der Waals surface area contributed by atoms with Crippen molar-refractivity contribution in [1.82, 2.24) is 0 Å². The molecule has 112 valence electrons. The molecule has 0 amide bonds. The lowest BCUT2D eigenvalue weighted by molar-refractivity contribution is -0.386. The Hall–Kier alpha value is -1.95. The maximum absolute atomic E-state index is 11.2. The van der Waals surface area contributed by atoms with Gasteiger partial charge in [0.25, 0.3) is 15.8 Å². The van der Waals surface area contributed by atoms with E-state index >= 15 is 0 Å². The average Bonchev–Trinajstić information content (AvgIpc) is 2.31. The molecular weight excluding hydrogens is 298 g/mol. The van der Waals surface area contributed by atoms with Crippen molar-refractivity contribution in [2.24, 2.45) is 0 Å². The number of nitrogens with zero attached hydrogens (tertiary/aromatic N) is 1. The first-order chi connectivity index (χ1) is 9.20. The molecule has 0 aliphatic carbocycles. The van der Waals surface area contributed by atoms with Crippen LogP contribution in [0.1, 0.15) is 5.56 Å². The van der Waals surface area contributed by atoms with E-state index in [0.717, 1.165) is 0 Å². The van der Waals surface area contributed by atoms with E-state index in [0.29, 0.717) is 6.07 Å². The van der Waals surface area contributed by atoms with E-state index in [4.69, 9.17) is 14.4 Å². The number of hydrogen-bond donors (Lipinski definition) is 4. The second-order valence-electron chi connectivity index (χ2n) is 3.58. The average molecular weight is 309 g/mol. The van der Waals surface area contributed by atoms with Crippen molar-refractivity contribution in [1.29, 1.82) is 0 Å². The standard InChI is InChI=1S/C9H11NO9S/c11-1-2-19-4-5-6(10(14)15)3-7(12)8(13)9(5)20(16,17)18/h3,11-13H,1-2,4H2,(H,16,17,18). The summed E-state index contributed by atoms with van der Waals surface area (Å²) in [5, 5.41) is 38.1. The topological polar surface area (TPSA) is 167 Å². The lowest BCUT2D eigenvalue weighted by Crippen LogP contribution is -2.09. The molecule has 10 nitrogen and oxygen atoms in total. The quantitative estimate of drug-likeness (QED) is 0.182. The first kappa shape index (κ1) is 16.1. The molecule has 0 radical (unpaired) electrons. The molecule has 0 atom stereocenters. The van der Waals surface area contributed by atoms with Crippen LogP contribution in [0, 0.1) is 10.1 Å². The van der Waals surface area contributed by atoms with Gasteiger partial charge in [0, 0.05) is 0 Å². The molecule has 0 aliphatic rings. The van der Waals surface area contributed by atoms with Crippen molar-refractivity contribution in [2.45, 2.75) is 11.5 Å². The van der Waals surface area contributed by atoms with Gasteiger partial charge in [0.2, 0.25) is 0 Å². The van der Waals surface area contributed by atoms with Crippen LogP contribution in [0.25, 0.3) is 0 Å². The summed E-state index contributed by atoms with van der Waals surface area (Å²) in [4.78, 5) is 8.61. The number of ether oxygens (including phenoxy) is 1. The zero-order valence-electron chi connectivity index (χ0n) is 9.88. The lowest BCUT2D eigenvalue weighted by Gasteiger charge is -2.11. The summed E-state index contributed by atoms with van der Waals surface area (Å²) in [6.45, 7) is -1.33. The Morgan fingerprint density at radius 3 is 2.40 bits per heavy atom. The fourth-order valence-electron chi connectivity index (χ4n) is 1.48. The Morgan fingerprint density at radius 1 is 1.35 bits per heavy atom. The smallest absolute Gasteiger partial charge is 0.298 e. The van der Waals surface area contributed by atoms with Crippen LogP contribution in [0.4, 0.5) is 5.69 Å². The summed E-state index contributed by atoms with van der Waals surface area (Å²) in [6.07, 6.45) is 0. The summed E-state index contributed by atoms with van der Waals surface area (Å²) in [5.41, 5.74) is -1.49. The second-order valence-corrected chi connectivity index (χ2v) is 4.94. The number of nitro benzene ring substituents is 1. The normalized spacial score (nSPS) is 11.5. The molecule has 0 heterocycles. The van der Waals surface area contributed by atoms with Crippen molar-refractivity contribution in [2.75, 3.05) is 13.2 Å². The molecule has 0 saturated carbocycles. The van der Waals surface area contributed by atoms with Crippen molar-refractivity contribution in [3.8, 4) is 11.5 Å². The van der Waals surface area contributed by atoms with Gasteiger partial charge < -0.3 is 20.1 Å². The number of hydrogen-bond acceptors (Lipinski definition) is 8.